The lowest BCUT2D eigenvalue weighted by molar-refractivity contribution is 0.572. The van der Waals surface area contributed by atoms with Crippen LogP contribution in [0.1, 0.15) is 24.4 Å². The number of fused-ring (bicyclic) bond motifs is 1. The molecule has 0 fully saturated rings. The number of hydrogen-bond acceptors (Lipinski definition) is 3. The van der Waals surface area contributed by atoms with Gasteiger partial charge < -0.3 is 9.55 Å². The molecule has 3 nitrogen and oxygen atoms in total. The molecule has 2 heterocycles. The maximum atomic E-state index is 5.48. The molecule has 0 aliphatic carbocycles. The van der Waals surface area contributed by atoms with Gasteiger partial charge in [-0.25, -0.2) is 4.98 Å². The second-order valence-electron chi connectivity index (χ2n) is 4.26. The summed E-state index contributed by atoms with van der Waals surface area (Å²) in [7, 11) is 0. The highest BCUT2D eigenvalue weighted by molar-refractivity contribution is 9.10. The highest BCUT2D eigenvalue weighted by atomic mass is 79.9. The molecule has 0 bridgehead atoms. The van der Waals surface area contributed by atoms with Gasteiger partial charge in [0.15, 0.2) is 4.77 Å². The minimum Gasteiger partial charge on any atom is -0.331 e. The van der Waals surface area contributed by atoms with Gasteiger partial charge in [-0.3, -0.25) is 0 Å². The van der Waals surface area contributed by atoms with Crippen molar-refractivity contribution < 1.29 is 0 Å². The van der Waals surface area contributed by atoms with Crippen molar-refractivity contribution in [3.63, 3.8) is 0 Å². The SMILES string of the molecule is CCC(c1nccs1)n1c(=S)[nH]c2cc(Br)ccc21. The fourth-order valence-electron chi connectivity index (χ4n) is 2.28. The van der Waals surface area contributed by atoms with E-state index < -0.39 is 0 Å². The van der Waals surface area contributed by atoms with E-state index in [1.165, 1.54) is 0 Å². The largest absolute Gasteiger partial charge is 0.331 e. The van der Waals surface area contributed by atoms with Crippen LogP contribution in [-0.4, -0.2) is 14.5 Å². The summed E-state index contributed by atoms with van der Waals surface area (Å²) >= 11 is 10.6. The Balaban J connectivity index is 2.24. The number of H-pyrrole nitrogens is 1. The van der Waals surface area contributed by atoms with Gasteiger partial charge in [0.25, 0.3) is 0 Å². The molecule has 0 aliphatic heterocycles. The number of benzene rings is 1. The van der Waals surface area contributed by atoms with Gasteiger partial charge in [-0.15, -0.1) is 11.3 Å². The van der Waals surface area contributed by atoms with Crippen LogP contribution in [0.2, 0.25) is 0 Å². The molecule has 0 radical (unpaired) electrons. The van der Waals surface area contributed by atoms with Crippen LogP contribution in [-0.2, 0) is 0 Å². The molecular weight excluding hydrogens is 342 g/mol. The molecule has 2 aromatic heterocycles. The number of thiazole rings is 1. The van der Waals surface area contributed by atoms with Crippen LogP contribution >= 0.6 is 39.5 Å². The predicted molar refractivity (Wildman–Crippen MR) is 85.4 cm³/mol. The van der Waals surface area contributed by atoms with Crippen molar-refractivity contribution in [2.75, 3.05) is 0 Å². The van der Waals surface area contributed by atoms with Crippen LogP contribution in [0.4, 0.5) is 0 Å². The first kappa shape index (κ1) is 13.0. The maximum Gasteiger partial charge on any atom is 0.178 e. The molecule has 0 saturated carbocycles. The normalized spacial score (nSPS) is 12.9. The summed E-state index contributed by atoms with van der Waals surface area (Å²) in [6, 6.07) is 6.37. The number of halogens is 1. The van der Waals surface area contributed by atoms with Crippen LogP contribution in [0.25, 0.3) is 11.0 Å². The summed E-state index contributed by atoms with van der Waals surface area (Å²) in [4.78, 5) is 7.71. The Labute approximate surface area is 128 Å². The molecule has 1 unspecified atom stereocenters. The Hall–Kier alpha value is -0.980. The van der Waals surface area contributed by atoms with Crippen LogP contribution in [0.3, 0.4) is 0 Å². The number of rotatable bonds is 3. The molecule has 1 N–H and O–H groups in total. The molecule has 0 aliphatic rings. The van der Waals surface area contributed by atoms with Gasteiger partial charge >= 0.3 is 0 Å². The van der Waals surface area contributed by atoms with E-state index >= 15 is 0 Å². The topological polar surface area (TPSA) is 33.6 Å². The van der Waals surface area contributed by atoms with E-state index in [1.54, 1.807) is 11.3 Å². The average Bonchev–Trinajstić information content (AvgIpc) is 2.99. The second-order valence-corrected chi connectivity index (χ2v) is 6.48. The molecule has 98 valence electrons. The molecule has 0 amide bonds. The van der Waals surface area contributed by atoms with Crippen LogP contribution in [0.15, 0.2) is 34.2 Å². The van der Waals surface area contributed by atoms with E-state index in [2.05, 4.69) is 49.5 Å². The Kier molecular flexibility index (Phi) is 3.56. The van der Waals surface area contributed by atoms with Crippen LogP contribution < -0.4 is 0 Å². The van der Waals surface area contributed by atoms with Gasteiger partial charge in [-0.05, 0) is 36.8 Å². The third-order valence-electron chi connectivity index (χ3n) is 3.11. The summed E-state index contributed by atoms with van der Waals surface area (Å²) in [6.45, 7) is 2.16. The third kappa shape index (κ3) is 2.28. The monoisotopic (exact) mass is 353 g/mol. The third-order valence-corrected chi connectivity index (χ3v) is 4.78. The van der Waals surface area contributed by atoms with Crippen LogP contribution in [0, 0.1) is 4.77 Å². The van der Waals surface area contributed by atoms with Gasteiger partial charge in [-0.2, -0.15) is 0 Å². The summed E-state index contributed by atoms with van der Waals surface area (Å²) in [5.41, 5.74) is 2.17. The van der Waals surface area contributed by atoms with Crippen molar-refractivity contribution >= 4 is 50.5 Å². The maximum absolute atomic E-state index is 5.48. The van der Waals surface area contributed by atoms with Crippen molar-refractivity contribution in [2.45, 2.75) is 19.4 Å². The van der Waals surface area contributed by atoms with Crippen molar-refractivity contribution in [1.82, 2.24) is 14.5 Å². The Morgan fingerprint density at radius 2 is 2.37 bits per heavy atom. The zero-order valence-electron chi connectivity index (χ0n) is 10.3. The zero-order chi connectivity index (χ0) is 13.4. The van der Waals surface area contributed by atoms with E-state index in [-0.39, 0.29) is 6.04 Å². The first-order valence-electron chi connectivity index (χ1n) is 6.00. The Morgan fingerprint density at radius 1 is 1.53 bits per heavy atom. The van der Waals surface area contributed by atoms with Gasteiger partial charge in [0, 0.05) is 16.0 Å². The fourth-order valence-corrected chi connectivity index (χ4v) is 3.79. The van der Waals surface area contributed by atoms with E-state index in [0.29, 0.717) is 0 Å². The molecule has 3 rings (SSSR count). The molecule has 19 heavy (non-hydrogen) atoms. The lowest BCUT2D eigenvalue weighted by atomic mass is 10.2. The molecule has 0 saturated heterocycles. The molecule has 1 atom stereocenters. The van der Waals surface area contributed by atoms with Crippen molar-refractivity contribution in [3.8, 4) is 0 Å². The lowest BCUT2D eigenvalue weighted by Gasteiger charge is -2.15. The summed E-state index contributed by atoms with van der Waals surface area (Å²) < 4.78 is 3.96. The average molecular weight is 354 g/mol. The summed E-state index contributed by atoms with van der Waals surface area (Å²) in [6.07, 6.45) is 2.81. The van der Waals surface area contributed by atoms with E-state index in [9.17, 15) is 0 Å². The van der Waals surface area contributed by atoms with Gasteiger partial charge in [0.05, 0.1) is 17.1 Å². The lowest BCUT2D eigenvalue weighted by Crippen LogP contribution is -2.09. The quantitative estimate of drug-likeness (QED) is 0.678. The smallest absolute Gasteiger partial charge is 0.178 e. The number of nitrogens with one attached hydrogen (secondary N) is 1. The number of aromatic amines is 1. The minimum absolute atomic E-state index is 0.197. The predicted octanol–water partition coefficient (Wildman–Crippen LogP) is 4.92. The number of imidazole rings is 1. The molecule has 0 spiro atoms. The molecule has 1 aromatic carbocycles. The molecular formula is C13H12BrN3S2. The first-order chi connectivity index (χ1) is 9.20. The highest BCUT2D eigenvalue weighted by Crippen LogP contribution is 2.29. The van der Waals surface area contributed by atoms with Gasteiger partial charge in [0.1, 0.15) is 5.01 Å². The molecule has 3 aromatic rings. The summed E-state index contributed by atoms with van der Waals surface area (Å²) in [5.74, 6) is 0. The summed E-state index contributed by atoms with van der Waals surface area (Å²) in [5, 5.41) is 3.11. The minimum atomic E-state index is 0.197. The van der Waals surface area contributed by atoms with E-state index in [4.69, 9.17) is 12.2 Å². The molecule has 6 heteroatoms. The fraction of sp³-hybridized carbons (Fsp3) is 0.231. The van der Waals surface area contributed by atoms with Crippen molar-refractivity contribution in [2.24, 2.45) is 0 Å². The zero-order valence-corrected chi connectivity index (χ0v) is 13.5. The number of aromatic nitrogens is 3. The Morgan fingerprint density at radius 3 is 3.05 bits per heavy atom. The van der Waals surface area contributed by atoms with Gasteiger partial charge in [0.2, 0.25) is 0 Å². The van der Waals surface area contributed by atoms with E-state index in [0.717, 1.165) is 31.7 Å². The standard InChI is InChI=1S/C13H12BrN3S2/c1-2-10(12-15-5-6-19-12)17-11-4-3-8(14)7-9(11)16-13(17)18/h3-7,10H,2H2,1H3,(H,16,18). The second kappa shape index (κ2) is 5.19. The van der Waals surface area contributed by atoms with E-state index in [1.807, 2.05) is 17.6 Å². The number of nitrogens with zero attached hydrogens (tertiary/aromatic N) is 2. The first-order valence-corrected chi connectivity index (χ1v) is 8.08. The van der Waals surface area contributed by atoms with Gasteiger partial charge in [-0.1, -0.05) is 22.9 Å². The highest BCUT2D eigenvalue weighted by Gasteiger charge is 2.18. The van der Waals surface area contributed by atoms with Crippen LogP contribution in [0.5, 0.6) is 0 Å². The Bertz CT molecular complexity index is 758. The van der Waals surface area contributed by atoms with Crippen molar-refractivity contribution in [3.05, 3.63) is 44.0 Å². The number of hydrogen-bond donors (Lipinski definition) is 1. The van der Waals surface area contributed by atoms with Crippen molar-refractivity contribution in [1.29, 1.82) is 0 Å².